The minimum Gasteiger partial charge on any atom is -0.854 e. The minimum atomic E-state index is -0.631. The molecule has 1 aromatic heterocycles. The molecule has 2 aromatic carbocycles. The Bertz CT molecular complexity index is 1080. The lowest BCUT2D eigenvalue weighted by Crippen LogP contribution is -2.58. The van der Waals surface area contributed by atoms with Gasteiger partial charge in [0.15, 0.2) is 0 Å². The third kappa shape index (κ3) is 3.10. The van der Waals surface area contributed by atoms with Crippen LogP contribution in [0.25, 0.3) is 11.3 Å². The number of para-hydroxylation sites is 1. The number of hydrogen-bond acceptors (Lipinski definition) is 5. The van der Waals surface area contributed by atoms with Crippen molar-refractivity contribution in [2.24, 2.45) is 0 Å². The summed E-state index contributed by atoms with van der Waals surface area (Å²) in [5.41, 5.74) is 2.40. The smallest absolute Gasteiger partial charge is 0.293 e. The van der Waals surface area contributed by atoms with Gasteiger partial charge >= 0.3 is 0 Å². The van der Waals surface area contributed by atoms with Gasteiger partial charge in [-0.3, -0.25) is 4.79 Å². The summed E-state index contributed by atoms with van der Waals surface area (Å²) in [6.07, 6.45) is -0.631. The zero-order valence-electron chi connectivity index (χ0n) is 15.3. The molecule has 1 amide bonds. The number of anilines is 1. The molecule has 0 bridgehead atoms. The van der Waals surface area contributed by atoms with Gasteiger partial charge in [0.05, 0.1) is 17.1 Å². The van der Waals surface area contributed by atoms with Crippen LogP contribution in [0, 0.1) is 0 Å². The van der Waals surface area contributed by atoms with Crippen LogP contribution in [0.4, 0.5) is 5.69 Å². The van der Waals surface area contributed by atoms with Crippen molar-refractivity contribution < 1.29 is 14.6 Å². The number of carbonyl (C=O) groups is 1. The predicted molar refractivity (Wildman–Crippen MR) is 106 cm³/mol. The quantitative estimate of drug-likeness (QED) is 0.488. The molecule has 0 fully saturated rings. The molecule has 0 saturated carbocycles. The molecule has 0 spiro atoms. The second kappa shape index (κ2) is 7.41. The summed E-state index contributed by atoms with van der Waals surface area (Å²) < 4.78 is 1.60. The van der Waals surface area contributed by atoms with E-state index in [-0.39, 0.29) is 11.8 Å². The van der Waals surface area contributed by atoms with Crippen molar-refractivity contribution in [3.63, 3.8) is 0 Å². The van der Waals surface area contributed by atoms with Crippen LogP contribution >= 0.6 is 23.4 Å². The summed E-state index contributed by atoms with van der Waals surface area (Å²) in [6.45, 7) is 3.47. The van der Waals surface area contributed by atoms with Crippen molar-refractivity contribution in [1.82, 2.24) is 10.1 Å². The Morgan fingerprint density at radius 3 is 2.79 bits per heavy atom. The molecule has 1 aliphatic rings. The van der Waals surface area contributed by atoms with Gasteiger partial charge in [-0.15, -0.1) is 0 Å². The second-order valence-corrected chi connectivity index (χ2v) is 7.93. The van der Waals surface area contributed by atoms with Crippen LogP contribution < -0.4 is 14.7 Å². The van der Waals surface area contributed by atoms with Crippen molar-refractivity contribution in [3.8, 4) is 17.1 Å². The average molecular weight is 413 g/mol. The van der Waals surface area contributed by atoms with Gasteiger partial charge < -0.3 is 5.11 Å². The fraction of sp³-hybridized carbons (Fsp3) is 0.200. The van der Waals surface area contributed by atoms with E-state index < -0.39 is 6.17 Å². The van der Waals surface area contributed by atoms with E-state index in [0.29, 0.717) is 27.1 Å². The number of nitrogens with zero attached hydrogens (tertiary/aromatic N) is 4. The van der Waals surface area contributed by atoms with Crippen LogP contribution in [-0.2, 0) is 4.79 Å². The Morgan fingerprint density at radius 1 is 1.29 bits per heavy atom. The number of hydrogen-bond donors (Lipinski definition) is 0. The number of fused-ring (bicyclic) bond motifs is 3. The Hall–Kier alpha value is -2.64. The molecule has 0 N–H and O–H groups in total. The van der Waals surface area contributed by atoms with Gasteiger partial charge in [0.25, 0.3) is 17.0 Å². The van der Waals surface area contributed by atoms with E-state index >= 15 is 0 Å². The number of halogens is 1. The fourth-order valence-corrected chi connectivity index (χ4v) is 4.18. The van der Waals surface area contributed by atoms with Crippen LogP contribution in [0.2, 0.25) is 5.02 Å². The van der Waals surface area contributed by atoms with Gasteiger partial charge in [-0.25, -0.2) is 9.88 Å². The molecule has 1 atom stereocenters. The van der Waals surface area contributed by atoms with Gasteiger partial charge in [-0.1, -0.05) is 59.2 Å². The number of benzene rings is 2. The highest BCUT2D eigenvalue weighted by Crippen LogP contribution is 2.41. The Balaban J connectivity index is 2.06. The van der Waals surface area contributed by atoms with Crippen molar-refractivity contribution in [1.29, 1.82) is 0 Å². The van der Waals surface area contributed by atoms with E-state index in [1.54, 1.807) is 21.7 Å². The maximum Gasteiger partial charge on any atom is 0.293 e. The Morgan fingerprint density at radius 2 is 2.07 bits per heavy atom. The average Bonchev–Trinajstić information content (AvgIpc) is 2.66. The van der Waals surface area contributed by atoms with Crippen LogP contribution in [0.5, 0.6) is 5.88 Å². The molecule has 28 heavy (non-hydrogen) atoms. The zero-order valence-corrected chi connectivity index (χ0v) is 16.9. The summed E-state index contributed by atoms with van der Waals surface area (Å²) in [5, 5.41) is 18.5. The van der Waals surface area contributed by atoms with Crippen LogP contribution in [0.3, 0.4) is 0 Å². The zero-order chi connectivity index (χ0) is 19.8. The van der Waals surface area contributed by atoms with Gasteiger partial charge in [0.2, 0.25) is 5.91 Å². The third-order valence-electron chi connectivity index (χ3n) is 4.48. The molecule has 8 heteroatoms. The molecule has 0 radical (unpaired) electrons. The normalized spacial score (nSPS) is 15.1. The summed E-state index contributed by atoms with van der Waals surface area (Å²) in [4.78, 5) is 18.5. The summed E-state index contributed by atoms with van der Waals surface area (Å²) in [5.74, 6) is 0.202. The first-order valence-corrected chi connectivity index (χ1v) is 10.2. The first-order chi connectivity index (χ1) is 13.5. The van der Waals surface area contributed by atoms with Crippen LogP contribution in [0.15, 0.2) is 53.7 Å². The number of amides is 1. The summed E-state index contributed by atoms with van der Waals surface area (Å²) in [7, 11) is 0. The largest absolute Gasteiger partial charge is 0.854 e. The molecule has 1 unspecified atom stereocenters. The number of carbonyl (C=O) groups excluding carboxylic acids is 1. The Kier molecular flexibility index (Phi) is 4.95. The van der Waals surface area contributed by atoms with E-state index in [1.165, 1.54) is 18.7 Å². The maximum atomic E-state index is 12.9. The van der Waals surface area contributed by atoms with E-state index in [4.69, 9.17) is 11.6 Å². The number of thioether (sulfide) groups is 1. The van der Waals surface area contributed by atoms with Crippen molar-refractivity contribution in [2.45, 2.75) is 25.2 Å². The highest BCUT2D eigenvalue weighted by atomic mass is 35.5. The third-order valence-corrected chi connectivity index (χ3v) is 5.43. The number of aromatic nitrogens is 3. The molecule has 142 valence electrons. The predicted octanol–water partition coefficient (Wildman–Crippen LogP) is 3.18. The second-order valence-electron chi connectivity index (χ2n) is 6.26. The Labute approximate surface area is 171 Å². The van der Waals surface area contributed by atoms with Gasteiger partial charge in [0, 0.05) is 22.6 Å². The van der Waals surface area contributed by atoms with Gasteiger partial charge in [0.1, 0.15) is 0 Å². The van der Waals surface area contributed by atoms with Gasteiger partial charge in [-0.05, 0) is 30.0 Å². The van der Waals surface area contributed by atoms with Crippen molar-refractivity contribution >= 4 is 35.0 Å². The molecule has 6 nitrogen and oxygen atoms in total. The SMILES string of the molecule is CCSc1nc([O-])c2[n+](n1)C(c1cccc(Cl)c1)N(C(C)=O)c1ccccc1-2. The first kappa shape index (κ1) is 18.7. The molecule has 0 aliphatic carbocycles. The van der Waals surface area contributed by atoms with E-state index in [1.807, 2.05) is 43.3 Å². The van der Waals surface area contributed by atoms with Crippen molar-refractivity contribution in [2.75, 3.05) is 10.7 Å². The van der Waals surface area contributed by atoms with Crippen molar-refractivity contribution in [3.05, 3.63) is 59.1 Å². The fourth-order valence-electron chi connectivity index (χ4n) is 3.43. The van der Waals surface area contributed by atoms with E-state index in [0.717, 1.165) is 11.3 Å². The lowest BCUT2D eigenvalue weighted by atomic mass is 10.0. The maximum absolute atomic E-state index is 12.9. The lowest BCUT2D eigenvalue weighted by Gasteiger charge is -2.32. The highest BCUT2D eigenvalue weighted by molar-refractivity contribution is 7.99. The van der Waals surface area contributed by atoms with E-state index in [2.05, 4.69) is 10.1 Å². The van der Waals surface area contributed by atoms with E-state index in [9.17, 15) is 9.90 Å². The molecule has 3 aromatic rings. The minimum absolute atomic E-state index is 0.161. The first-order valence-electron chi connectivity index (χ1n) is 8.79. The molecule has 1 aliphatic heterocycles. The molecule has 4 rings (SSSR count). The molecular weight excluding hydrogens is 396 g/mol. The lowest BCUT2D eigenvalue weighted by molar-refractivity contribution is -0.764. The van der Waals surface area contributed by atoms with Crippen LogP contribution in [-0.4, -0.2) is 21.7 Å². The molecule has 2 heterocycles. The summed E-state index contributed by atoms with van der Waals surface area (Å²) in [6, 6.07) is 14.5. The molecule has 0 saturated heterocycles. The molecular formula is C20H17ClN4O2S. The van der Waals surface area contributed by atoms with Crippen LogP contribution in [0.1, 0.15) is 25.6 Å². The standard InChI is InChI=1S/C20H17ClN4O2S/c1-3-28-20-22-18(27)17-15-9-4-5-10-16(15)24(12(2)26)19(25(17)23-20)13-7-6-8-14(21)11-13/h4-11,19H,3H2,1-2H3. The topological polar surface area (TPSA) is 73.0 Å². The highest BCUT2D eigenvalue weighted by Gasteiger charge is 2.43. The number of rotatable bonds is 3. The van der Waals surface area contributed by atoms with Gasteiger partial charge in [-0.2, -0.15) is 0 Å². The monoisotopic (exact) mass is 412 g/mol. The summed E-state index contributed by atoms with van der Waals surface area (Å²) >= 11 is 7.60.